The van der Waals surface area contributed by atoms with Gasteiger partial charge in [-0.3, -0.25) is 0 Å². The van der Waals surface area contributed by atoms with Gasteiger partial charge in [-0.25, -0.2) is 9.97 Å². The molecule has 112 valence electrons. The molecule has 0 aliphatic carbocycles. The Bertz CT molecular complexity index is 430. The van der Waals surface area contributed by atoms with E-state index < -0.39 is 0 Å². The number of nitrogens with zero attached hydrogens (tertiary/aromatic N) is 3. The van der Waals surface area contributed by atoms with Crippen molar-refractivity contribution in [3.05, 3.63) is 11.9 Å². The van der Waals surface area contributed by atoms with Crippen molar-refractivity contribution >= 4 is 11.6 Å². The van der Waals surface area contributed by atoms with Crippen LogP contribution in [0.15, 0.2) is 6.07 Å². The molecule has 1 aliphatic heterocycles. The molecule has 0 bridgehead atoms. The van der Waals surface area contributed by atoms with E-state index in [0.29, 0.717) is 5.92 Å². The summed E-state index contributed by atoms with van der Waals surface area (Å²) in [4.78, 5) is 11.8. The Balaban J connectivity index is 2.24. The van der Waals surface area contributed by atoms with Gasteiger partial charge >= 0.3 is 0 Å². The van der Waals surface area contributed by atoms with Gasteiger partial charge in [0.15, 0.2) is 0 Å². The van der Waals surface area contributed by atoms with E-state index in [2.05, 4.69) is 49.0 Å². The van der Waals surface area contributed by atoms with E-state index in [1.807, 2.05) is 0 Å². The van der Waals surface area contributed by atoms with E-state index >= 15 is 0 Å². The van der Waals surface area contributed by atoms with E-state index in [9.17, 15) is 0 Å². The van der Waals surface area contributed by atoms with Crippen LogP contribution in [0.3, 0.4) is 0 Å². The summed E-state index contributed by atoms with van der Waals surface area (Å²) >= 11 is 0. The van der Waals surface area contributed by atoms with Crippen molar-refractivity contribution in [2.75, 3.05) is 29.9 Å². The number of aromatic nitrogens is 2. The second kappa shape index (κ2) is 6.91. The van der Waals surface area contributed by atoms with Crippen molar-refractivity contribution in [2.24, 2.45) is 5.92 Å². The van der Waals surface area contributed by atoms with Crippen LogP contribution < -0.4 is 10.2 Å². The first kappa shape index (κ1) is 15.1. The maximum absolute atomic E-state index is 4.78. The second-order valence-electron chi connectivity index (χ2n) is 6.18. The van der Waals surface area contributed by atoms with Gasteiger partial charge < -0.3 is 10.2 Å². The highest BCUT2D eigenvalue weighted by atomic mass is 15.2. The van der Waals surface area contributed by atoms with Crippen molar-refractivity contribution in [2.45, 2.75) is 52.9 Å². The van der Waals surface area contributed by atoms with E-state index in [0.717, 1.165) is 43.0 Å². The minimum absolute atomic E-state index is 0.359. The molecule has 2 heterocycles. The van der Waals surface area contributed by atoms with Gasteiger partial charge in [-0.1, -0.05) is 20.8 Å². The molecule has 1 saturated heterocycles. The van der Waals surface area contributed by atoms with E-state index in [4.69, 9.17) is 4.98 Å². The molecule has 20 heavy (non-hydrogen) atoms. The Morgan fingerprint density at radius 1 is 1.30 bits per heavy atom. The quantitative estimate of drug-likeness (QED) is 0.911. The molecular formula is C16H28N4. The number of hydrogen-bond donors (Lipinski definition) is 1. The predicted molar refractivity (Wildman–Crippen MR) is 85.5 cm³/mol. The van der Waals surface area contributed by atoms with Gasteiger partial charge in [-0.05, 0) is 32.1 Å². The molecule has 0 spiro atoms. The molecule has 4 heteroatoms. The van der Waals surface area contributed by atoms with Crippen molar-refractivity contribution in [1.29, 1.82) is 0 Å². The molecule has 1 aliphatic rings. The molecule has 1 N–H and O–H groups in total. The lowest BCUT2D eigenvalue weighted by Gasteiger charge is -2.23. The van der Waals surface area contributed by atoms with Crippen molar-refractivity contribution in [1.82, 2.24) is 9.97 Å². The maximum Gasteiger partial charge on any atom is 0.135 e. The third-order valence-electron chi connectivity index (χ3n) is 3.94. The largest absolute Gasteiger partial charge is 0.370 e. The first-order valence-electron chi connectivity index (χ1n) is 7.98. The van der Waals surface area contributed by atoms with Gasteiger partial charge in [0.05, 0.1) is 0 Å². The van der Waals surface area contributed by atoms with Crippen LogP contribution in [0.25, 0.3) is 0 Å². The fourth-order valence-corrected chi connectivity index (χ4v) is 2.64. The fraction of sp³-hybridized carbons (Fsp3) is 0.750. The van der Waals surface area contributed by atoms with Gasteiger partial charge in [0, 0.05) is 31.6 Å². The zero-order valence-electron chi connectivity index (χ0n) is 13.3. The molecule has 1 atom stereocenters. The van der Waals surface area contributed by atoms with Crippen LogP contribution in [0.2, 0.25) is 0 Å². The van der Waals surface area contributed by atoms with Crippen LogP contribution in [0.4, 0.5) is 11.6 Å². The van der Waals surface area contributed by atoms with E-state index in [-0.39, 0.29) is 0 Å². The third kappa shape index (κ3) is 3.84. The summed E-state index contributed by atoms with van der Waals surface area (Å²) in [5, 5.41) is 3.33. The lowest BCUT2D eigenvalue weighted by atomic mass is 10.0. The van der Waals surface area contributed by atoms with Crippen molar-refractivity contribution < 1.29 is 0 Å². The zero-order chi connectivity index (χ0) is 14.5. The normalized spacial score (nSPS) is 20.1. The fourth-order valence-electron chi connectivity index (χ4n) is 2.64. The molecule has 0 radical (unpaired) electrons. The topological polar surface area (TPSA) is 41.0 Å². The summed E-state index contributed by atoms with van der Waals surface area (Å²) in [7, 11) is 0. The summed E-state index contributed by atoms with van der Waals surface area (Å²) in [6.07, 6.45) is 3.86. The standard InChI is InChI=1S/C16H28N4/c1-5-17-14-11-15(19-16(18-14)12(2)3)20-9-6-7-13(4)8-10-20/h11-13H,5-10H2,1-4H3,(H,17,18,19). The average Bonchev–Trinajstić information content (AvgIpc) is 2.63. The van der Waals surface area contributed by atoms with Crippen LogP contribution in [0.5, 0.6) is 0 Å². The minimum Gasteiger partial charge on any atom is -0.370 e. The summed E-state index contributed by atoms with van der Waals surface area (Å²) < 4.78 is 0. The minimum atomic E-state index is 0.359. The summed E-state index contributed by atoms with van der Waals surface area (Å²) in [6.45, 7) is 11.9. The van der Waals surface area contributed by atoms with Crippen LogP contribution in [-0.2, 0) is 0 Å². The van der Waals surface area contributed by atoms with E-state index in [1.165, 1.54) is 19.3 Å². The van der Waals surface area contributed by atoms with Crippen LogP contribution in [0.1, 0.15) is 58.7 Å². The van der Waals surface area contributed by atoms with Gasteiger partial charge in [-0.2, -0.15) is 0 Å². The smallest absolute Gasteiger partial charge is 0.135 e. The summed E-state index contributed by atoms with van der Waals surface area (Å²) in [5.41, 5.74) is 0. The molecule has 0 amide bonds. The maximum atomic E-state index is 4.78. The first-order chi connectivity index (χ1) is 9.60. The van der Waals surface area contributed by atoms with Gasteiger partial charge in [0.25, 0.3) is 0 Å². The van der Waals surface area contributed by atoms with Gasteiger partial charge in [-0.15, -0.1) is 0 Å². The summed E-state index contributed by atoms with van der Waals surface area (Å²) in [5.74, 6) is 4.18. The van der Waals surface area contributed by atoms with Crippen molar-refractivity contribution in [3.63, 3.8) is 0 Å². The molecule has 1 aromatic heterocycles. The Morgan fingerprint density at radius 2 is 2.10 bits per heavy atom. The molecule has 2 rings (SSSR count). The van der Waals surface area contributed by atoms with E-state index in [1.54, 1.807) is 0 Å². The molecule has 0 aromatic carbocycles. The number of anilines is 2. The molecule has 4 nitrogen and oxygen atoms in total. The highest BCUT2D eigenvalue weighted by Crippen LogP contribution is 2.24. The zero-order valence-corrected chi connectivity index (χ0v) is 13.3. The van der Waals surface area contributed by atoms with Gasteiger partial charge in [0.1, 0.15) is 17.5 Å². The monoisotopic (exact) mass is 276 g/mol. The van der Waals surface area contributed by atoms with Crippen LogP contribution in [0, 0.1) is 5.92 Å². The average molecular weight is 276 g/mol. The predicted octanol–water partition coefficient (Wildman–Crippen LogP) is 3.66. The lowest BCUT2D eigenvalue weighted by molar-refractivity contribution is 0.521. The van der Waals surface area contributed by atoms with Crippen molar-refractivity contribution in [3.8, 4) is 0 Å². The Kier molecular flexibility index (Phi) is 5.21. The van der Waals surface area contributed by atoms with Crippen LogP contribution in [-0.4, -0.2) is 29.6 Å². The Labute approximate surface area is 123 Å². The van der Waals surface area contributed by atoms with Gasteiger partial charge in [0.2, 0.25) is 0 Å². The Morgan fingerprint density at radius 3 is 2.80 bits per heavy atom. The number of nitrogens with one attached hydrogen (secondary N) is 1. The highest BCUT2D eigenvalue weighted by Gasteiger charge is 2.17. The molecular weight excluding hydrogens is 248 g/mol. The molecule has 1 aromatic rings. The third-order valence-corrected chi connectivity index (χ3v) is 3.94. The van der Waals surface area contributed by atoms with Crippen LogP contribution >= 0.6 is 0 Å². The second-order valence-corrected chi connectivity index (χ2v) is 6.18. The number of hydrogen-bond acceptors (Lipinski definition) is 4. The SMILES string of the molecule is CCNc1cc(N2CCCC(C)CC2)nc(C(C)C)n1. The summed E-state index contributed by atoms with van der Waals surface area (Å²) in [6, 6.07) is 2.10. The first-order valence-corrected chi connectivity index (χ1v) is 7.98. The molecule has 0 saturated carbocycles. The Hall–Kier alpha value is -1.32. The molecule has 1 unspecified atom stereocenters. The molecule has 1 fully saturated rings. The lowest BCUT2D eigenvalue weighted by Crippen LogP contribution is -2.26. The highest BCUT2D eigenvalue weighted by molar-refractivity contribution is 5.49. The number of rotatable bonds is 4.